The fourth-order valence-electron chi connectivity index (χ4n) is 3.42. The molecule has 192 valence electrons. The summed E-state index contributed by atoms with van der Waals surface area (Å²) in [5.74, 6) is 0. The quantitative estimate of drug-likeness (QED) is 0.303. The normalized spacial score (nSPS) is 37.9. The summed E-state index contributed by atoms with van der Waals surface area (Å²) in [4.78, 5) is 0. The van der Waals surface area contributed by atoms with Crippen LogP contribution in [0, 0.1) is 0 Å². The Hall–Kier alpha value is 0.548. The lowest BCUT2D eigenvalue weighted by Gasteiger charge is -2.48. The summed E-state index contributed by atoms with van der Waals surface area (Å²) in [5, 5.41) is 0. The number of rotatable bonds is 12. The van der Waals surface area contributed by atoms with E-state index < -0.39 is 35.2 Å². The Labute approximate surface area is 201 Å². The smallest absolute Gasteiger partial charge is 0.373 e. The molecular formula is C20H48O8Si4. The van der Waals surface area contributed by atoms with Crippen LogP contribution >= 0.6 is 0 Å². The van der Waals surface area contributed by atoms with Crippen LogP contribution in [0.3, 0.4) is 0 Å². The van der Waals surface area contributed by atoms with Crippen molar-refractivity contribution in [2.45, 2.75) is 132 Å². The van der Waals surface area contributed by atoms with Gasteiger partial charge in [-0.3, -0.25) is 0 Å². The van der Waals surface area contributed by atoms with Gasteiger partial charge in [0.2, 0.25) is 0 Å². The predicted molar refractivity (Wildman–Crippen MR) is 134 cm³/mol. The molecule has 0 amide bonds. The van der Waals surface area contributed by atoms with E-state index in [0.717, 1.165) is 25.7 Å². The Morgan fingerprint density at radius 1 is 0.438 bits per heavy atom. The molecule has 1 fully saturated rings. The lowest BCUT2D eigenvalue weighted by Crippen LogP contribution is -2.71. The molecule has 0 spiro atoms. The lowest BCUT2D eigenvalue weighted by molar-refractivity contribution is -0.0109. The van der Waals surface area contributed by atoms with Gasteiger partial charge in [-0.1, -0.05) is 27.7 Å². The van der Waals surface area contributed by atoms with E-state index in [4.69, 9.17) is 34.2 Å². The molecule has 1 rings (SSSR count). The zero-order valence-corrected chi connectivity index (χ0v) is 26.4. The summed E-state index contributed by atoms with van der Waals surface area (Å²) in [5.41, 5.74) is 0. The Balaban J connectivity index is 3.47. The number of hydrogen-bond acceptors (Lipinski definition) is 8. The van der Waals surface area contributed by atoms with E-state index in [2.05, 4.69) is 27.7 Å². The minimum atomic E-state index is -3.25. The first-order valence-corrected chi connectivity index (χ1v) is 21.1. The van der Waals surface area contributed by atoms with Crippen LogP contribution in [0.4, 0.5) is 0 Å². The molecule has 1 aliphatic heterocycles. The van der Waals surface area contributed by atoms with Gasteiger partial charge in [-0.05, 0) is 53.4 Å². The predicted octanol–water partition coefficient (Wildman–Crippen LogP) is 5.60. The van der Waals surface area contributed by atoms with E-state index in [1.165, 1.54) is 0 Å². The molecule has 0 aromatic heterocycles. The molecule has 0 bridgehead atoms. The highest BCUT2D eigenvalue weighted by atomic mass is 28.6. The molecular weight excluding hydrogens is 481 g/mol. The fourth-order valence-corrected chi connectivity index (χ4v) is 21.5. The minimum Gasteiger partial charge on any atom is -0.373 e. The molecule has 12 heteroatoms. The molecule has 0 aromatic rings. The van der Waals surface area contributed by atoms with Gasteiger partial charge in [0.1, 0.15) is 0 Å². The Bertz CT molecular complexity index is 466. The van der Waals surface area contributed by atoms with Crippen molar-refractivity contribution in [3.05, 3.63) is 0 Å². The fraction of sp³-hybridized carbons (Fsp3) is 1.00. The van der Waals surface area contributed by atoms with E-state index in [-0.39, 0.29) is 24.4 Å². The van der Waals surface area contributed by atoms with Crippen molar-refractivity contribution < 1.29 is 34.2 Å². The zero-order valence-electron chi connectivity index (χ0n) is 22.4. The maximum atomic E-state index is 6.65. The van der Waals surface area contributed by atoms with Gasteiger partial charge in [-0.2, -0.15) is 0 Å². The highest BCUT2D eigenvalue weighted by Crippen LogP contribution is 2.35. The van der Waals surface area contributed by atoms with Gasteiger partial charge in [-0.15, -0.1) is 0 Å². The third kappa shape index (κ3) is 9.66. The first-order chi connectivity index (χ1) is 14.6. The second-order valence-corrected chi connectivity index (χ2v) is 20.3. The summed E-state index contributed by atoms with van der Waals surface area (Å²) in [6.07, 6.45) is 3.13. The summed E-state index contributed by atoms with van der Waals surface area (Å²) in [7, 11) is -13.0. The zero-order chi connectivity index (χ0) is 24.8. The van der Waals surface area contributed by atoms with Gasteiger partial charge in [-0.25, -0.2) is 0 Å². The van der Waals surface area contributed by atoms with Crippen molar-refractivity contribution >= 4 is 35.2 Å². The SMILES string of the molecule is CCC(C)O[Si]1(C)O[Si](C)(OC(C)CC)O[Si](C)(OC(C)CC)O[Si](C)(OC(C)CC)O1. The molecule has 4 unspecified atom stereocenters. The van der Waals surface area contributed by atoms with Gasteiger partial charge < -0.3 is 34.2 Å². The molecule has 0 N–H and O–H groups in total. The molecule has 32 heavy (non-hydrogen) atoms. The third-order valence-corrected chi connectivity index (χ3v) is 20.6. The van der Waals surface area contributed by atoms with Crippen LogP contribution in [0.1, 0.15) is 81.1 Å². The Morgan fingerprint density at radius 3 is 0.719 bits per heavy atom. The van der Waals surface area contributed by atoms with E-state index in [0.29, 0.717) is 0 Å². The molecule has 8 nitrogen and oxygen atoms in total. The van der Waals surface area contributed by atoms with Crippen LogP contribution in [-0.2, 0) is 34.2 Å². The molecule has 1 aliphatic rings. The van der Waals surface area contributed by atoms with Gasteiger partial charge in [0.25, 0.3) is 0 Å². The van der Waals surface area contributed by atoms with E-state index in [1.54, 1.807) is 0 Å². The van der Waals surface area contributed by atoms with Crippen LogP contribution in [0.5, 0.6) is 0 Å². The van der Waals surface area contributed by atoms with Crippen LogP contribution < -0.4 is 0 Å². The van der Waals surface area contributed by atoms with Crippen molar-refractivity contribution in [1.29, 1.82) is 0 Å². The molecule has 0 radical (unpaired) electrons. The number of hydrogen-bond donors (Lipinski definition) is 0. The van der Waals surface area contributed by atoms with Crippen molar-refractivity contribution in [1.82, 2.24) is 0 Å². The summed E-state index contributed by atoms with van der Waals surface area (Å²) >= 11 is 0. The molecule has 1 saturated heterocycles. The molecule has 0 aromatic carbocycles. The monoisotopic (exact) mass is 528 g/mol. The van der Waals surface area contributed by atoms with Crippen LogP contribution in [-0.4, -0.2) is 59.6 Å². The molecule has 4 atom stereocenters. The van der Waals surface area contributed by atoms with Crippen molar-refractivity contribution in [2.75, 3.05) is 0 Å². The van der Waals surface area contributed by atoms with Gasteiger partial charge in [0, 0.05) is 50.6 Å². The largest absolute Gasteiger partial charge is 0.483 e. The highest BCUT2D eigenvalue weighted by molar-refractivity contribution is 6.88. The highest BCUT2D eigenvalue weighted by Gasteiger charge is 2.63. The van der Waals surface area contributed by atoms with Crippen molar-refractivity contribution in [3.63, 3.8) is 0 Å². The topological polar surface area (TPSA) is 73.8 Å². The Kier molecular flexibility index (Phi) is 11.9. The third-order valence-electron chi connectivity index (χ3n) is 5.44. The molecule has 0 aliphatic carbocycles. The van der Waals surface area contributed by atoms with E-state index in [1.807, 2.05) is 53.9 Å². The van der Waals surface area contributed by atoms with Gasteiger partial charge >= 0.3 is 35.2 Å². The van der Waals surface area contributed by atoms with Gasteiger partial charge in [0.05, 0.1) is 0 Å². The summed E-state index contributed by atoms with van der Waals surface area (Å²) < 4.78 is 52.1. The molecule has 0 saturated carbocycles. The Morgan fingerprint density at radius 2 is 0.594 bits per heavy atom. The maximum absolute atomic E-state index is 6.65. The first kappa shape index (κ1) is 30.6. The van der Waals surface area contributed by atoms with E-state index >= 15 is 0 Å². The lowest BCUT2D eigenvalue weighted by atomic mass is 10.3. The van der Waals surface area contributed by atoms with E-state index in [9.17, 15) is 0 Å². The average molecular weight is 529 g/mol. The van der Waals surface area contributed by atoms with Crippen molar-refractivity contribution in [3.8, 4) is 0 Å². The van der Waals surface area contributed by atoms with Gasteiger partial charge in [0.15, 0.2) is 0 Å². The minimum absolute atomic E-state index is 0.0465. The standard InChI is InChI=1S/C20H48O8Si4/c1-13-17(5)21-29(9)25-30(10,22-18(6)14-2)27-32(12,24-20(8)16-4)28-31(11,26-29)23-19(7)15-3/h17-20H,13-16H2,1-12H3. The van der Waals surface area contributed by atoms with Crippen LogP contribution in [0.15, 0.2) is 0 Å². The summed E-state index contributed by atoms with van der Waals surface area (Å²) in [6.45, 7) is 23.9. The van der Waals surface area contributed by atoms with Crippen LogP contribution in [0.25, 0.3) is 0 Å². The maximum Gasteiger partial charge on any atom is 0.483 e. The van der Waals surface area contributed by atoms with Crippen molar-refractivity contribution in [2.24, 2.45) is 0 Å². The average Bonchev–Trinajstić information content (AvgIpc) is 2.64. The second kappa shape index (κ2) is 12.5. The summed E-state index contributed by atoms with van der Waals surface area (Å²) in [6, 6.07) is 0. The second-order valence-electron chi connectivity index (χ2n) is 9.20. The van der Waals surface area contributed by atoms with Crippen LogP contribution in [0.2, 0.25) is 26.2 Å². The molecule has 1 heterocycles. The first-order valence-electron chi connectivity index (χ1n) is 12.2.